The number of hydrogen-bond acceptors (Lipinski definition) is 2. The first kappa shape index (κ1) is 16.9. The molecule has 2 N–H and O–H groups in total. The molecule has 0 spiro atoms. The summed E-state index contributed by atoms with van der Waals surface area (Å²) in [6, 6.07) is 4.92. The highest BCUT2D eigenvalue weighted by atomic mass is 79.9. The Morgan fingerprint density at radius 3 is 2.80 bits per heavy atom. The van der Waals surface area contributed by atoms with Crippen LogP contribution in [0.15, 0.2) is 27.7 Å². The number of methoxy groups -OCH3 is 1. The van der Waals surface area contributed by atoms with Crippen LogP contribution in [0.3, 0.4) is 0 Å². The monoisotopic (exact) mass is 345 g/mol. The van der Waals surface area contributed by atoms with Crippen LogP contribution >= 0.6 is 15.9 Å². The van der Waals surface area contributed by atoms with Crippen molar-refractivity contribution in [1.82, 2.24) is 10.6 Å². The summed E-state index contributed by atoms with van der Waals surface area (Å²) in [5.74, 6) is 0.424. The molecule has 6 heteroatoms. The third kappa shape index (κ3) is 6.34. The van der Waals surface area contributed by atoms with Crippen molar-refractivity contribution < 1.29 is 9.13 Å². The smallest absolute Gasteiger partial charge is 0.191 e. The Balaban J connectivity index is 2.70. The molecule has 0 saturated carbocycles. The van der Waals surface area contributed by atoms with Gasteiger partial charge in [-0.3, -0.25) is 0 Å². The first-order valence-corrected chi connectivity index (χ1v) is 7.33. The summed E-state index contributed by atoms with van der Waals surface area (Å²) < 4.78 is 19.1. The number of ether oxygens (including phenoxy) is 1. The molecule has 112 valence electrons. The number of nitrogens with zero attached hydrogens (tertiary/aromatic N) is 1. The Labute approximate surface area is 127 Å². The van der Waals surface area contributed by atoms with Gasteiger partial charge in [0, 0.05) is 24.2 Å². The Kier molecular flexibility index (Phi) is 7.54. The molecule has 0 radical (unpaired) electrons. The van der Waals surface area contributed by atoms with E-state index in [1.807, 2.05) is 19.9 Å². The van der Waals surface area contributed by atoms with Crippen LogP contribution in [0.1, 0.15) is 19.4 Å². The average molecular weight is 346 g/mol. The van der Waals surface area contributed by atoms with Crippen molar-refractivity contribution in [2.45, 2.75) is 26.4 Å². The number of rotatable bonds is 6. The molecule has 0 bridgehead atoms. The van der Waals surface area contributed by atoms with Crippen molar-refractivity contribution in [2.24, 2.45) is 4.99 Å². The quantitative estimate of drug-likeness (QED) is 0.615. The molecule has 0 aromatic heterocycles. The lowest BCUT2D eigenvalue weighted by molar-refractivity contribution is 0.179. The van der Waals surface area contributed by atoms with Gasteiger partial charge in [-0.15, -0.1) is 0 Å². The maximum Gasteiger partial charge on any atom is 0.191 e. The molecule has 0 aliphatic heterocycles. The Morgan fingerprint density at radius 1 is 1.45 bits per heavy atom. The van der Waals surface area contributed by atoms with E-state index in [1.54, 1.807) is 7.11 Å². The van der Waals surface area contributed by atoms with Crippen molar-refractivity contribution in [1.29, 1.82) is 0 Å². The van der Waals surface area contributed by atoms with Crippen LogP contribution in [0, 0.1) is 5.82 Å². The van der Waals surface area contributed by atoms with Gasteiger partial charge >= 0.3 is 0 Å². The first-order chi connectivity index (χ1) is 9.55. The van der Waals surface area contributed by atoms with E-state index in [4.69, 9.17) is 4.74 Å². The molecule has 0 heterocycles. The highest BCUT2D eigenvalue weighted by Gasteiger charge is 2.05. The fourth-order valence-electron chi connectivity index (χ4n) is 1.72. The predicted octanol–water partition coefficient (Wildman–Crippen LogP) is 2.68. The molecule has 1 unspecified atom stereocenters. The zero-order valence-electron chi connectivity index (χ0n) is 12.0. The van der Waals surface area contributed by atoms with E-state index in [1.165, 1.54) is 12.1 Å². The lowest BCUT2D eigenvalue weighted by Crippen LogP contribution is -2.43. The van der Waals surface area contributed by atoms with Crippen molar-refractivity contribution in [3.05, 3.63) is 34.1 Å². The van der Waals surface area contributed by atoms with E-state index in [-0.39, 0.29) is 11.9 Å². The van der Waals surface area contributed by atoms with Gasteiger partial charge in [0.15, 0.2) is 5.96 Å². The molecule has 4 nitrogen and oxygen atoms in total. The third-order valence-electron chi connectivity index (χ3n) is 2.49. The molecule has 0 saturated heterocycles. The second-order valence-electron chi connectivity index (χ2n) is 4.47. The number of aliphatic imine (C=N–C) groups is 1. The molecule has 1 aromatic rings. The number of hydrogen-bond donors (Lipinski definition) is 2. The van der Waals surface area contributed by atoms with Crippen molar-refractivity contribution in [3.8, 4) is 0 Å². The van der Waals surface area contributed by atoms with Gasteiger partial charge in [0.2, 0.25) is 0 Å². The average Bonchev–Trinajstić information content (AvgIpc) is 2.35. The van der Waals surface area contributed by atoms with Gasteiger partial charge in [-0.05, 0) is 37.6 Å². The van der Waals surface area contributed by atoms with Crippen LogP contribution in [0.2, 0.25) is 0 Å². The highest BCUT2D eigenvalue weighted by Crippen LogP contribution is 2.15. The lowest BCUT2D eigenvalue weighted by Gasteiger charge is -2.17. The van der Waals surface area contributed by atoms with Crippen molar-refractivity contribution in [3.63, 3.8) is 0 Å². The molecule has 1 aromatic carbocycles. The standard InChI is InChI=1S/C14H21BrFN3O/c1-4-17-14(19-10(2)9-20-3)18-8-11-5-12(15)7-13(16)6-11/h5-7,10H,4,8-9H2,1-3H3,(H2,17,18,19). The van der Waals surface area contributed by atoms with E-state index in [9.17, 15) is 4.39 Å². The first-order valence-electron chi connectivity index (χ1n) is 6.54. The van der Waals surface area contributed by atoms with Gasteiger partial charge in [0.1, 0.15) is 5.82 Å². The van der Waals surface area contributed by atoms with Crippen LogP contribution in [0.4, 0.5) is 4.39 Å². The van der Waals surface area contributed by atoms with Crippen LogP contribution in [0.25, 0.3) is 0 Å². The fourth-order valence-corrected chi connectivity index (χ4v) is 2.23. The normalized spacial score (nSPS) is 13.2. The summed E-state index contributed by atoms with van der Waals surface area (Å²) in [6.07, 6.45) is 0. The molecule has 0 aliphatic rings. The molecular formula is C14H21BrFN3O. The second kappa shape index (κ2) is 8.92. The highest BCUT2D eigenvalue weighted by molar-refractivity contribution is 9.10. The Hall–Kier alpha value is -1.14. The third-order valence-corrected chi connectivity index (χ3v) is 2.94. The van der Waals surface area contributed by atoms with E-state index in [2.05, 4.69) is 31.6 Å². The lowest BCUT2D eigenvalue weighted by atomic mass is 10.2. The zero-order chi connectivity index (χ0) is 15.0. The zero-order valence-corrected chi connectivity index (χ0v) is 13.6. The predicted molar refractivity (Wildman–Crippen MR) is 83.4 cm³/mol. The van der Waals surface area contributed by atoms with E-state index >= 15 is 0 Å². The molecule has 0 aliphatic carbocycles. The molecule has 0 fully saturated rings. The van der Waals surface area contributed by atoms with Crippen LogP contribution in [-0.4, -0.2) is 32.3 Å². The van der Waals surface area contributed by atoms with Gasteiger partial charge in [-0.1, -0.05) is 15.9 Å². The minimum absolute atomic E-state index is 0.150. The Morgan fingerprint density at radius 2 is 2.20 bits per heavy atom. The fraction of sp³-hybridized carbons (Fsp3) is 0.500. The molecular weight excluding hydrogens is 325 g/mol. The maximum absolute atomic E-state index is 13.3. The van der Waals surface area contributed by atoms with Crippen molar-refractivity contribution >= 4 is 21.9 Å². The van der Waals surface area contributed by atoms with Gasteiger partial charge in [-0.25, -0.2) is 9.38 Å². The minimum atomic E-state index is -0.268. The molecule has 1 rings (SSSR count). The summed E-state index contributed by atoms with van der Waals surface area (Å²) in [7, 11) is 1.66. The maximum atomic E-state index is 13.3. The van der Waals surface area contributed by atoms with Crippen molar-refractivity contribution in [2.75, 3.05) is 20.3 Å². The summed E-state index contributed by atoms with van der Waals surface area (Å²) in [5, 5.41) is 6.38. The SMILES string of the molecule is CCNC(=NCc1cc(F)cc(Br)c1)NC(C)COC. The molecule has 1 atom stereocenters. The van der Waals surface area contributed by atoms with Crippen LogP contribution < -0.4 is 10.6 Å². The number of benzene rings is 1. The number of halogens is 2. The number of guanidine groups is 1. The summed E-state index contributed by atoms with van der Waals surface area (Å²) in [5.41, 5.74) is 0.813. The molecule has 0 amide bonds. The summed E-state index contributed by atoms with van der Waals surface area (Å²) >= 11 is 3.28. The van der Waals surface area contributed by atoms with Gasteiger partial charge < -0.3 is 15.4 Å². The minimum Gasteiger partial charge on any atom is -0.383 e. The topological polar surface area (TPSA) is 45.7 Å². The summed E-state index contributed by atoms with van der Waals surface area (Å²) in [4.78, 5) is 4.44. The van der Waals surface area contributed by atoms with Gasteiger partial charge in [0.05, 0.1) is 13.2 Å². The van der Waals surface area contributed by atoms with Gasteiger partial charge in [0.25, 0.3) is 0 Å². The summed E-state index contributed by atoms with van der Waals surface area (Å²) in [6.45, 7) is 5.77. The van der Waals surface area contributed by atoms with E-state index in [0.717, 1.165) is 12.1 Å². The van der Waals surface area contributed by atoms with E-state index in [0.29, 0.717) is 23.6 Å². The molecule has 20 heavy (non-hydrogen) atoms. The van der Waals surface area contributed by atoms with E-state index < -0.39 is 0 Å². The largest absolute Gasteiger partial charge is 0.383 e. The second-order valence-corrected chi connectivity index (χ2v) is 5.39. The van der Waals surface area contributed by atoms with Gasteiger partial charge in [-0.2, -0.15) is 0 Å². The van der Waals surface area contributed by atoms with Crippen LogP contribution in [0.5, 0.6) is 0 Å². The number of nitrogens with one attached hydrogen (secondary N) is 2. The Bertz CT molecular complexity index is 434. The van der Waals surface area contributed by atoms with Crippen LogP contribution in [-0.2, 0) is 11.3 Å².